The fourth-order valence-corrected chi connectivity index (χ4v) is 2.13. The van der Waals surface area contributed by atoms with E-state index in [1.54, 1.807) is 18.2 Å². The van der Waals surface area contributed by atoms with E-state index in [1.807, 2.05) is 6.07 Å². The number of halogens is 2. The largest absolute Gasteiger partial charge is 0.449 e. The first kappa shape index (κ1) is 17.4. The summed E-state index contributed by atoms with van der Waals surface area (Å²) in [5.41, 5.74) is 0.120. The highest BCUT2D eigenvalue weighted by Crippen LogP contribution is 2.21. The minimum absolute atomic E-state index is 0.109. The molecule has 7 heteroatoms. The van der Waals surface area contributed by atoms with E-state index in [0.29, 0.717) is 0 Å². The lowest BCUT2D eigenvalue weighted by atomic mass is 10.2. The predicted molar refractivity (Wildman–Crippen MR) is 86.1 cm³/mol. The number of nitriles is 1. The summed E-state index contributed by atoms with van der Waals surface area (Å²) in [5, 5.41) is 11.4. The molecule has 0 aliphatic carbocycles. The van der Waals surface area contributed by atoms with Crippen LogP contribution in [0.25, 0.3) is 0 Å². The Bertz CT molecular complexity index is 813. The molecule has 0 fully saturated rings. The highest BCUT2D eigenvalue weighted by molar-refractivity contribution is 6.33. The number of ether oxygens (including phenoxy) is 1. The van der Waals surface area contributed by atoms with Crippen LogP contribution in [0.15, 0.2) is 42.5 Å². The smallest absolute Gasteiger partial charge is 0.343 e. The van der Waals surface area contributed by atoms with Crippen molar-refractivity contribution in [1.82, 2.24) is 0 Å². The summed E-state index contributed by atoms with van der Waals surface area (Å²) in [6, 6.07) is 12.1. The number of carbonyl (C=O) groups excluding carboxylic acids is 2. The van der Waals surface area contributed by atoms with Crippen LogP contribution >= 0.6 is 11.6 Å². The molecule has 24 heavy (non-hydrogen) atoms. The minimum Gasteiger partial charge on any atom is -0.449 e. The molecule has 0 spiro atoms. The lowest BCUT2D eigenvalue weighted by Gasteiger charge is -2.14. The molecule has 0 radical (unpaired) electrons. The van der Waals surface area contributed by atoms with E-state index in [0.717, 1.165) is 6.07 Å². The van der Waals surface area contributed by atoms with Gasteiger partial charge >= 0.3 is 5.97 Å². The Morgan fingerprint density at radius 3 is 2.62 bits per heavy atom. The zero-order chi connectivity index (χ0) is 17.7. The molecule has 5 nitrogen and oxygen atoms in total. The number of anilines is 1. The van der Waals surface area contributed by atoms with Crippen LogP contribution < -0.4 is 5.32 Å². The molecule has 0 bridgehead atoms. The Morgan fingerprint density at radius 2 is 1.96 bits per heavy atom. The number of carbonyl (C=O) groups is 2. The summed E-state index contributed by atoms with van der Waals surface area (Å²) in [4.78, 5) is 24.1. The van der Waals surface area contributed by atoms with E-state index in [2.05, 4.69) is 5.32 Å². The van der Waals surface area contributed by atoms with Crippen LogP contribution in [-0.2, 0) is 9.53 Å². The van der Waals surface area contributed by atoms with Crippen molar-refractivity contribution in [2.75, 3.05) is 5.32 Å². The van der Waals surface area contributed by atoms with E-state index < -0.39 is 29.4 Å². The van der Waals surface area contributed by atoms with Gasteiger partial charge in [0.1, 0.15) is 17.4 Å². The molecule has 0 aliphatic heterocycles. The Morgan fingerprint density at radius 1 is 1.25 bits per heavy atom. The standard InChI is InChI=1S/C17H12ClFN2O3/c1-10(16(22)21-14-8-3-2-5-11(14)9-20)24-17(23)15-12(18)6-4-7-13(15)19/h2-8,10H,1H3,(H,21,22)/t10-/m0/s1. The summed E-state index contributed by atoms with van der Waals surface area (Å²) >= 11 is 5.78. The molecule has 1 N–H and O–H groups in total. The topological polar surface area (TPSA) is 79.2 Å². The molecule has 0 aromatic heterocycles. The van der Waals surface area contributed by atoms with Crippen LogP contribution in [0.1, 0.15) is 22.8 Å². The van der Waals surface area contributed by atoms with Crippen molar-refractivity contribution in [3.63, 3.8) is 0 Å². The van der Waals surface area contributed by atoms with Crippen molar-refractivity contribution < 1.29 is 18.7 Å². The van der Waals surface area contributed by atoms with Gasteiger partial charge in [-0.15, -0.1) is 0 Å². The van der Waals surface area contributed by atoms with Crippen molar-refractivity contribution in [2.24, 2.45) is 0 Å². The van der Waals surface area contributed by atoms with Crippen LogP contribution in [0.4, 0.5) is 10.1 Å². The summed E-state index contributed by atoms with van der Waals surface area (Å²) in [7, 11) is 0. The third kappa shape index (κ3) is 3.89. The van der Waals surface area contributed by atoms with E-state index in [9.17, 15) is 14.0 Å². The van der Waals surface area contributed by atoms with Gasteiger partial charge in [0, 0.05) is 0 Å². The first-order valence-electron chi connectivity index (χ1n) is 6.89. The molecule has 0 unspecified atom stereocenters. The number of nitrogens with one attached hydrogen (secondary N) is 1. The quantitative estimate of drug-likeness (QED) is 0.859. The monoisotopic (exact) mass is 346 g/mol. The normalized spacial score (nSPS) is 11.2. The van der Waals surface area contributed by atoms with Crippen molar-refractivity contribution in [2.45, 2.75) is 13.0 Å². The van der Waals surface area contributed by atoms with Gasteiger partial charge in [-0.3, -0.25) is 4.79 Å². The molecule has 2 aromatic rings. The van der Waals surface area contributed by atoms with Crippen molar-refractivity contribution >= 4 is 29.2 Å². The molecule has 1 atom stereocenters. The third-order valence-electron chi connectivity index (χ3n) is 3.13. The summed E-state index contributed by atoms with van der Waals surface area (Å²) < 4.78 is 18.6. The van der Waals surface area contributed by atoms with Crippen molar-refractivity contribution in [3.8, 4) is 6.07 Å². The Hall–Kier alpha value is -2.91. The molecule has 1 amide bonds. The number of esters is 1. The average Bonchev–Trinajstić information content (AvgIpc) is 2.55. The zero-order valence-corrected chi connectivity index (χ0v) is 13.3. The second kappa shape index (κ2) is 7.57. The highest BCUT2D eigenvalue weighted by atomic mass is 35.5. The minimum atomic E-state index is -1.21. The number of para-hydroxylation sites is 1. The number of hydrogen-bond acceptors (Lipinski definition) is 4. The maximum atomic E-state index is 13.7. The van der Waals surface area contributed by atoms with Gasteiger partial charge in [0.25, 0.3) is 5.91 Å². The predicted octanol–water partition coefficient (Wildman–Crippen LogP) is 3.53. The van der Waals surface area contributed by atoms with Gasteiger partial charge in [-0.05, 0) is 31.2 Å². The van der Waals surface area contributed by atoms with Crippen LogP contribution in [0, 0.1) is 17.1 Å². The lowest BCUT2D eigenvalue weighted by molar-refractivity contribution is -0.123. The summed E-state index contributed by atoms with van der Waals surface area (Å²) in [5.74, 6) is -2.54. The van der Waals surface area contributed by atoms with E-state index in [1.165, 1.54) is 25.1 Å². The number of benzene rings is 2. The first-order chi connectivity index (χ1) is 11.4. The molecule has 0 aliphatic rings. The number of rotatable bonds is 4. The number of hydrogen-bond donors (Lipinski definition) is 1. The molecule has 2 rings (SSSR count). The Balaban J connectivity index is 2.09. The number of nitrogens with zero attached hydrogens (tertiary/aromatic N) is 1. The summed E-state index contributed by atoms with van der Waals surface area (Å²) in [6.07, 6.45) is -1.21. The number of amides is 1. The van der Waals surface area contributed by atoms with E-state index >= 15 is 0 Å². The van der Waals surface area contributed by atoms with Gasteiger partial charge < -0.3 is 10.1 Å². The summed E-state index contributed by atoms with van der Waals surface area (Å²) in [6.45, 7) is 1.33. The van der Waals surface area contributed by atoms with Gasteiger partial charge in [0.2, 0.25) is 0 Å². The van der Waals surface area contributed by atoms with Crippen LogP contribution in [0.3, 0.4) is 0 Å². The van der Waals surface area contributed by atoms with E-state index in [4.69, 9.17) is 21.6 Å². The second-order valence-corrected chi connectivity index (χ2v) is 5.20. The molecule has 122 valence electrons. The zero-order valence-electron chi connectivity index (χ0n) is 12.5. The van der Waals surface area contributed by atoms with Crippen LogP contribution in [0.2, 0.25) is 5.02 Å². The second-order valence-electron chi connectivity index (χ2n) is 4.79. The fourth-order valence-electron chi connectivity index (χ4n) is 1.89. The first-order valence-corrected chi connectivity index (χ1v) is 7.27. The molecule has 0 saturated carbocycles. The van der Waals surface area contributed by atoms with Gasteiger partial charge in [0.05, 0.1) is 16.3 Å². The van der Waals surface area contributed by atoms with Gasteiger partial charge in [0.15, 0.2) is 6.10 Å². The SMILES string of the molecule is C[C@H](OC(=O)c1c(F)cccc1Cl)C(=O)Nc1ccccc1C#N. The Labute approximate surface area is 142 Å². The third-order valence-corrected chi connectivity index (χ3v) is 3.44. The van der Waals surface area contributed by atoms with Gasteiger partial charge in [-0.2, -0.15) is 5.26 Å². The van der Waals surface area contributed by atoms with Gasteiger partial charge in [-0.1, -0.05) is 29.8 Å². The Kier molecular flexibility index (Phi) is 5.51. The molecule has 0 saturated heterocycles. The molecule has 2 aromatic carbocycles. The molecular formula is C17H12ClFN2O3. The molecular weight excluding hydrogens is 335 g/mol. The maximum absolute atomic E-state index is 13.7. The highest BCUT2D eigenvalue weighted by Gasteiger charge is 2.23. The van der Waals surface area contributed by atoms with E-state index in [-0.39, 0.29) is 16.3 Å². The lowest BCUT2D eigenvalue weighted by Crippen LogP contribution is -2.30. The van der Waals surface area contributed by atoms with Crippen molar-refractivity contribution in [1.29, 1.82) is 5.26 Å². The van der Waals surface area contributed by atoms with Gasteiger partial charge in [-0.25, -0.2) is 9.18 Å². The maximum Gasteiger partial charge on any atom is 0.343 e. The fraction of sp³-hybridized carbons (Fsp3) is 0.118. The van der Waals surface area contributed by atoms with Crippen LogP contribution in [-0.4, -0.2) is 18.0 Å². The average molecular weight is 347 g/mol. The molecule has 0 heterocycles. The van der Waals surface area contributed by atoms with Crippen LogP contribution in [0.5, 0.6) is 0 Å². The van der Waals surface area contributed by atoms with Crippen molar-refractivity contribution in [3.05, 3.63) is 64.4 Å².